The van der Waals surface area contributed by atoms with Crippen molar-refractivity contribution in [1.29, 1.82) is 0 Å². The number of piperidine rings is 1. The van der Waals surface area contributed by atoms with E-state index in [0.717, 1.165) is 25.9 Å². The van der Waals surface area contributed by atoms with Crippen LogP contribution in [0, 0.1) is 11.8 Å². The number of aryl methyl sites for hydroxylation is 1. The Balaban J connectivity index is 1.97. The highest BCUT2D eigenvalue weighted by Crippen LogP contribution is 2.23. The van der Waals surface area contributed by atoms with Crippen LogP contribution >= 0.6 is 0 Å². The fourth-order valence-electron chi connectivity index (χ4n) is 2.67. The summed E-state index contributed by atoms with van der Waals surface area (Å²) in [4.78, 5) is 0.292. The van der Waals surface area contributed by atoms with Gasteiger partial charge in [0.2, 0.25) is 10.0 Å². The highest BCUT2D eigenvalue weighted by Gasteiger charge is 2.30. The Morgan fingerprint density at radius 3 is 2.86 bits per heavy atom. The van der Waals surface area contributed by atoms with Crippen LogP contribution in [0.1, 0.15) is 26.7 Å². The van der Waals surface area contributed by atoms with Crippen LogP contribution in [0.5, 0.6) is 0 Å². The standard InChI is InChI=1S/C14H26N4O2S/c1-12(2)7-15-8-13-5-4-6-18(10-13)21(19,20)14-9-16-17(3)11-14/h9,11-13,15H,4-8,10H2,1-3H3. The maximum absolute atomic E-state index is 12.6. The molecule has 1 aromatic rings. The molecule has 0 aliphatic carbocycles. The average molecular weight is 314 g/mol. The zero-order chi connectivity index (χ0) is 15.5. The second-order valence-corrected chi connectivity index (χ2v) is 8.21. The molecule has 6 nitrogen and oxygen atoms in total. The molecule has 0 spiro atoms. The largest absolute Gasteiger partial charge is 0.316 e. The van der Waals surface area contributed by atoms with E-state index in [1.807, 2.05) is 0 Å². The van der Waals surface area contributed by atoms with Gasteiger partial charge in [0.15, 0.2) is 0 Å². The minimum atomic E-state index is -3.39. The first-order chi connectivity index (χ1) is 9.89. The molecule has 0 saturated carbocycles. The van der Waals surface area contributed by atoms with Crippen molar-refractivity contribution in [2.45, 2.75) is 31.6 Å². The van der Waals surface area contributed by atoms with Crippen molar-refractivity contribution >= 4 is 10.0 Å². The van der Waals surface area contributed by atoms with E-state index in [1.165, 1.54) is 10.9 Å². The van der Waals surface area contributed by atoms with Crippen LogP contribution in [0.15, 0.2) is 17.3 Å². The third-order valence-electron chi connectivity index (χ3n) is 3.79. The Morgan fingerprint density at radius 1 is 1.48 bits per heavy atom. The van der Waals surface area contributed by atoms with Crippen LogP contribution in [0.25, 0.3) is 0 Å². The van der Waals surface area contributed by atoms with Gasteiger partial charge in [-0.2, -0.15) is 9.40 Å². The monoisotopic (exact) mass is 314 g/mol. The topological polar surface area (TPSA) is 67.2 Å². The lowest BCUT2D eigenvalue weighted by Crippen LogP contribution is -2.43. The SMILES string of the molecule is CC(C)CNCC1CCCN(S(=O)(=O)c2cnn(C)c2)C1. The molecule has 7 heteroatoms. The van der Waals surface area contributed by atoms with Crippen molar-refractivity contribution in [2.24, 2.45) is 18.9 Å². The number of sulfonamides is 1. The van der Waals surface area contributed by atoms with Crippen molar-refractivity contribution in [3.05, 3.63) is 12.4 Å². The summed E-state index contributed by atoms with van der Waals surface area (Å²) in [6, 6.07) is 0. The summed E-state index contributed by atoms with van der Waals surface area (Å²) in [6.45, 7) is 7.42. The van der Waals surface area contributed by atoms with Gasteiger partial charge in [0.05, 0.1) is 6.20 Å². The third-order valence-corrected chi connectivity index (χ3v) is 5.60. The van der Waals surface area contributed by atoms with Gasteiger partial charge >= 0.3 is 0 Å². The van der Waals surface area contributed by atoms with Crippen LogP contribution in [-0.4, -0.2) is 48.7 Å². The van der Waals surface area contributed by atoms with E-state index in [9.17, 15) is 8.42 Å². The molecule has 120 valence electrons. The summed E-state index contributed by atoms with van der Waals surface area (Å²) in [5.74, 6) is 1.01. The van der Waals surface area contributed by atoms with Crippen LogP contribution in [0.2, 0.25) is 0 Å². The Morgan fingerprint density at radius 2 is 2.24 bits per heavy atom. The number of hydrogen-bond acceptors (Lipinski definition) is 4. The smallest absolute Gasteiger partial charge is 0.246 e. The first-order valence-corrected chi connectivity index (χ1v) is 9.03. The summed E-state index contributed by atoms with van der Waals surface area (Å²) in [7, 11) is -1.66. The Hall–Kier alpha value is -0.920. The number of nitrogens with zero attached hydrogens (tertiary/aromatic N) is 3. The number of rotatable bonds is 6. The first kappa shape index (κ1) is 16.5. The van der Waals surface area contributed by atoms with Gasteiger partial charge in [0.1, 0.15) is 4.90 Å². The number of hydrogen-bond donors (Lipinski definition) is 1. The molecule has 2 rings (SSSR count). The molecule has 0 aromatic carbocycles. The molecular formula is C14H26N4O2S. The molecule has 1 N–H and O–H groups in total. The zero-order valence-electron chi connectivity index (χ0n) is 13.1. The first-order valence-electron chi connectivity index (χ1n) is 7.59. The summed E-state index contributed by atoms with van der Waals surface area (Å²) in [6.07, 6.45) is 5.00. The fourth-order valence-corrected chi connectivity index (χ4v) is 4.21. The lowest BCUT2D eigenvalue weighted by atomic mass is 9.99. The van der Waals surface area contributed by atoms with E-state index < -0.39 is 10.0 Å². The van der Waals surface area contributed by atoms with Crippen molar-refractivity contribution in [3.63, 3.8) is 0 Å². The molecule has 0 radical (unpaired) electrons. The van der Waals surface area contributed by atoms with Crippen molar-refractivity contribution in [2.75, 3.05) is 26.2 Å². The Kier molecular flexibility index (Phi) is 5.40. The van der Waals surface area contributed by atoms with Crippen LogP contribution in [0.4, 0.5) is 0 Å². The predicted octanol–water partition coefficient (Wildman–Crippen LogP) is 1.07. The minimum Gasteiger partial charge on any atom is -0.316 e. The summed E-state index contributed by atoms with van der Waals surface area (Å²) >= 11 is 0. The molecule has 2 heterocycles. The molecule has 0 bridgehead atoms. The molecular weight excluding hydrogens is 288 g/mol. The normalized spacial score (nSPS) is 21.0. The van der Waals surface area contributed by atoms with Gasteiger partial charge in [-0.25, -0.2) is 8.42 Å². The molecule has 1 fully saturated rings. The Bertz CT molecular complexity index is 553. The Labute approximate surface area is 127 Å². The third kappa shape index (κ3) is 4.28. The lowest BCUT2D eigenvalue weighted by Gasteiger charge is -2.31. The van der Waals surface area contributed by atoms with Crippen LogP contribution < -0.4 is 5.32 Å². The van der Waals surface area contributed by atoms with Gasteiger partial charge in [-0.3, -0.25) is 4.68 Å². The van der Waals surface area contributed by atoms with E-state index in [4.69, 9.17) is 0 Å². The highest BCUT2D eigenvalue weighted by molar-refractivity contribution is 7.89. The van der Waals surface area contributed by atoms with E-state index in [2.05, 4.69) is 24.3 Å². The van der Waals surface area contributed by atoms with Crippen LogP contribution in [-0.2, 0) is 17.1 Å². The van der Waals surface area contributed by atoms with Crippen molar-refractivity contribution in [3.8, 4) is 0 Å². The molecule has 21 heavy (non-hydrogen) atoms. The van der Waals surface area contributed by atoms with Gasteiger partial charge in [0, 0.05) is 26.3 Å². The highest BCUT2D eigenvalue weighted by atomic mass is 32.2. The molecule has 1 aromatic heterocycles. The summed E-state index contributed by atoms with van der Waals surface area (Å²) in [5, 5.41) is 7.40. The zero-order valence-corrected chi connectivity index (χ0v) is 13.9. The van der Waals surface area contributed by atoms with E-state index in [-0.39, 0.29) is 0 Å². The summed E-state index contributed by atoms with van der Waals surface area (Å²) < 4.78 is 28.3. The van der Waals surface area contributed by atoms with E-state index >= 15 is 0 Å². The molecule has 1 atom stereocenters. The van der Waals surface area contributed by atoms with Crippen molar-refractivity contribution in [1.82, 2.24) is 19.4 Å². The molecule has 0 amide bonds. The van der Waals surface area contributed by atoms with E-state index in [0.29, 0.717) is 29.8 Å². The average Bonchev–Trinajstić information content (AvgIpc) is 2.86. The van der Waals surface area contributed by atoms with Gasteiger partial charge in [-0.1, -0.05) is 13.8 Å². The fraction of sp³-hybridized carbons (Fsp3) is 0.786. The maximum atomic E-state index is 12.6. The second kappa shape index (κ2) is 6.89. The number of aromatic nitrogens is 2. The maximum Gasteiger partial charge on any atom is 0.246 e. The molecule has 1 aliphatic rings. The number of nitrogens with one attached hydrogen (secondary N) is 1. The van der Waals surface area contributed by atoms with E-state index in [1.54, 1.807) is 17.5 Å². The van der Waals surface area contributed by atoms with Crippen LogP contribution in [0.3, 0.4) is 0 Å². The summed E-state index contributed by atoms with van der Waals surface area (Å²) in [5.41, 5.74) is 0. The lowest BCUT2D eigenvalue weighted by molar-refractivity contribution is 0.258. The van der Waals surface area contributed by atoms with Crippen molar-refractivity contribution < 1.29 is 8.42 Å². The minimum absolute atomic E-state index is 0.292. The second-order valence-electron chi connectivity index (χ2n) is 6.27. The molecule has 1 saturated heterocycles. The van der Waals surface area contributed by atoms with Gasteiger partial charge in [-0.05, 0) is 37.8 Å². The predicted molar refractivity (Wildman–Crippen MR) is 82.4 cm³/mol. The molecule has 1 aliphatic heterocycles. The van der Waals surface area contributed by atoms with Gasteiger partial charge in [0.25, 0.3) is 0 Å². The quantitative estimate of drug-likeness (QED) is 0.853. The molecule has 1 unspecified atom stereocenters. The van der Waals surface area contributed by atoms with Gasteiger partial charge < -0.3 is 5.32 Å². The van der Waals surface area contributed by atoms with Gasteiger partial charge in [-0.15, -0.1) is 0 Å².